The molecule has 1 saturated carbocycles. The fourth-order valence-electron chi connectivity index (χ4n) is 6.85. The van der Waals surface area contributed by atoms with Gasteiger partial charge >= 0.3 is 12.0 Å². The number of methoxy groups -OCH3 is 1. The van der Waals surface area contributed by atoms with Crippen LogP contribution in [0, 0.1) is 5.92 Å². The zero-order valence-corrected chi connectivity index (χ0v) is 22.7. The molecule has 2 heterocycles. The summed E-state index contributed by atoms with van der Waals surface area (Å²) in [4.78, 5) is 27.4. The average Bonchev–Trinajstić information content (AvgIpc) is 3.51. The molecule has 1 fully saturated rings. The molecule has 2 bridgehead atoms. The molecule has 202 valence electrons. The molecular formula is C33H37N3O3. The van der Waals surface area contributed by atoms with Crippen molar-refractivity contribution >= 4 is 22.8 Å². The van der Waals surface area contributed by atoms with E-state index in [1.54, 1.807) is 0 Å². The van der Waals surface area contributed by atoms with Crippen LogP contribution in [0.15, 0.2) is 72.8 Å². The highest BCUT2D eigenvalue weighted by Crippen LogP contribution is 2.49. The normalized spacial score (nSPS) is 24.4. The lowest BCUT2D eigenvalue weighted by molar-refractivity contribution is 0.0600. The highest BCUT2D eigenvalue weighted by Gasteiger charge is 2.40. The summed E-state index contributed by atoms with van der Waals surface area (Å²) in [7, 11) is 1.43. The maximum Gasteiger partial charge on any atom is 0.337 e. The molecule has 2 aliphatic heterocycles. The predicted octanol–water partition coefficient (Wildman–Crippen LogP) is 6.60. The third-order valence-electron chi connectivity index (χ3n) is 8.95. The Labute approximate surface area is 230 Å². The smallest absolute Gasteiger partial charge is 0.337 e. The number of benzene rings is 3. The van der Waals surface area contributed by atoms with Crippen LogP contribution in [0.2, 0.25) is 0 Å². The number of fused-ring (bicyclic) bond motifs is 6. The van der Waals surface area contributed by atoms with Gasteiger partial charge in [-0.15, -0.1) is 0 Å². The van der Waals surface area contributed by atoms with Gasteiger partial charge < -0.3 is 15.4 Å². The number of ether oxygens (including phenoxy) is 1. The molecule has 3 atom stereocenters. The number of esters is 1. The minimum absolute atomic E-state index is 0.0651. The van der Waals surface area contributed by atoms with Gasteiger partial charge in [0.1, 0.15) is 0 Å². The van der Waals surface area contributed by atoms with Crippen LogP contribution in [-0.2, 0) is 4.74 Å². The molecule has 6 nitrogen and oxygen atoms in total. The second-order valence-electron chi connectivity index (χ2n) is 11.3. The van der Waals surface area contributed by atoms with E-state index in [2.05, 4.69) is 64.1 Å². The molecule has 2 amide bonds. The molecule has 2 unspecified atom stereocenters. The number of hydrogen-bond donors (Lipinski definition) is 2. The minimum Gasteiger partial charge on any atom is -0.465 e. The van der Waals surface area contributed by atoms with Gasteiger partial charge in [0.25, 0.3) is 0 Å². The second kappa shape index (κ2) is 10.9. The Kier molecular flexibility index (Phi) is 7.13. The lowest BCUT2D eigenvalue weighted by Gasteiger charge is -2.31. The average molecular weight is 524 g/mol. The molecule has 6 rings (SSSR count). The van der Waals surface area contributed by atoms with Crippen LogP contribution in [0.1, 0.15) is 84.2 Å². The summed E-state index contributed by atoms with van der Waals surface area (Å²) in [5, 5.41) is 8.76. The van der Waals surface area contributed by atoms with Gasteiger partial charge in [-0.3, -0.25) is 4.90 Å². The van der Waals surface area contributed by atoms with E-state index in [4.69, 9.17) is 4.74 Å². The van der Waals surface area contributed by atoms with E-state index in [1.807, 2.05) is 31.2 Å². The number of carbonyl (C=O) groups is 2. The van der Waals surface area contributed by atoms with E-state index in [0.29, 0.717) is 17.5 Å². The first kappa shape index (κ1) is 25.6. The van der Waals surface area contributed by atoms with Crippen LogP contribution in [0.25, 0.3) is 10.8 Å². The van der Waals surface area contributed by atoms with Gasteiger partial charge in [-0.25, -0.2) is 9.59 Å². The Balaban J connectivity index is 0.972. The van der Waals surface area contributed by atoms with Gasteiger partial charge in [-0.2, -0.15) is 0 Å². The summed E-state index contributed by atoms with van der Waals surface area (Å²) >= 11 is 0. The Hall–Kier alpha value is -3.64. The lowest BCUT2D eigenvalue weighted by Crippen LogP contribution is -2.44. The van der Waals surface area contributed by atoms with Gasteiger partial charge in [-0.05, 0) is 84.5 Å². The Bertz CT molecular complexity index is 1400. The van der Waals surface area contributed by atoms with Crippen molar-refractivity contribution in [2.24, 2.45) is 5.92 Å². The monoisotopic (exact) mass is 523 g/mol. The van der Waals surface area contributed by atoms with E-state index < -0.39 is 0 Å². The van der Waals surface area contributed by atoms with Gasteiger partial charge in [0.05, 0.1) is 30.8 Å². The van der Waals surface area contributed by atoms with Crippen LogP contribution in [0.5, 0.6) is 0 Å². The maximum absolute atomic E-state index is 12.8. The van der Waals surface area contributed by atoms with E-state index in [-0.39, 0.29) is 30.1 Å². The van der Waals surface area contributed by atoms with E-state index in [0.717, 1.165) is 44.2 Å². The summed E-state index contributed by atoms with van der Waals surface area (Å²) in [6.45, 7) is 3.09. The first-order valence-corrected chi connectivity index (χ1v) is 14.2. The third-order valence-corrected chi connectivity index (χ3v) is 8.95. The highest BCUT2D eigenvalue weighted by atomic mass is 16.5. The molecular weight excluding hydrogens is 486 g/mol. The van der Waals surface area contributed by atoms with Crippen molar-refractivity contribution in [1.82, 2.24) is 15.5 Å². The molecule has 39 heavy (non-hydrogen) atoms. The molecule has 0 aromatic heterocycles. The lowest BCUT2D eigenvalue weighted by atomic mass is 9.84. The Morgan fingerprint density at radius 3 is 2.49 bits per heavy atom. The molecule has 3 aromatic carbocycles. The summed E-state index contributed by atoms with van der Waals surface area (Å²) in [6.07, 6.45) is 10.0. The van der Waals surface area contributed by atoms with Crippen molar-refractivity contribution in [3.8, 4) is 0 Å². The number of nitrogens with one attached hydrogen (secondary N) is 2. The number of urea groups is 1. The summed E-state index contributed by atoms with van der Waals surface area (Å²) < 4.78 is 4.92. The minimum atomic E-state index is -0.279. The Morgan fingerprint density at radius 1 is 0.949 bits per heavy atom. The Morgan fingerprint density at radius 2 is 1.69 bits per heavy atom. The molecule has 6 heteroatoms. The quantitative estimate of drug-likeness (QED) is 0.270. The van der Waals surface area contributed by atoms with Gasteiger partial charge in [0.2, 0.25) is 0 Å². The van der Waals surface area contributed by atoms with E-state index in [9.17, 15) is 9.59 Å². The fourth-order valence-corrected chi connectivity index (χ4v) is 6.85. The number of rotatable bonds is 7. The van der Waals surface area contributed by atoms with E-state index in [1.165, 1.54) is 29.0 Å². The van der Waals surface area contributed by atoms with Crippen LogP contribution in [0.3, 0.4) is 0 Å². The SMILES string of the molecule is COC(=O)c1ccc2c(c1)C1C=CC2N1CCC1CCC(NC(=O)N[C@@H](C)c2cccc3ccccc23)CC1. The second-order valence-corrected chi connectivity index (χ2v) is 11.3. The van der Waals surface area contributed by atoms with Gasteiger partial charge in [0, 0.05) is 12.6 Å². The van der Waals surface area contributed by atoms with E-state index >= 15 is 0 Å². The van der Waals surface area contributed by atoms with Crippen molar-refractivity contribution in [2.75, 3.05) is 13.7 Å². The van der Waals surface area contributed by atoms with Crippen molar-refractivity contribution < 1.29 is 14.3 Å². The standard InChI is InChI=1S/C33H37N3O3/c1-21(26-9-5-7-23-6-3-4-8-27(23)26)34-33(38)35-25-13-10-22(11-14-25)18-19-36-30-16-17-31(36)29-20-24(32(37)39-2)12-15-28(29)30/h3-9,12,15-17,20-22,25,30-31H,10-11,13-14,18-19H2,1-2H3,(H2,34,35,38)/t21-,22?,25?,30?,31?/m0/s1. The number of carbonyl (C=O) groups excluding carboxylic acids is 2. The summed E-state index contributed by atoms with van der Waals surface area (Å²) in [5.41, 5.74) is 4.31. The zero-order valence-electron chi connectivity index (χ0n) is 22.7. The topological polar surface area (TPSA) is 70.7 Å². The molecule has 3 aliphatic rings. The molecule has 0 radical (unpaired) electrons. The number of hydrogen-bond acceptors (Lipinski definition) is 4. The molecule has 3 aromatic rings. The van der Waals surface area contributed by atoms with Gasteiger partial charge in [0.15, 0.2) is 0 Å². The number of amides is 2. The summed E-state index contributed by atoms with van der Waals surface area (Å²) in [5.74, 6) is 0.396. The molecule has 1 aliphatic carbocycles. The van der Waals surface area contributed by atoms with Crippen molar-refractivity contribution in [3.05, 3.63) is 95.1 Å². The predicted molar refractivity (Wildman–Crippen MR) is 154 cm³/mol. The maximum atomic E-state index is 12.8. The summed E-state index contributed by atoms with van der Waals surface area (Å²) in [6, 6.07) is 21.2. The zero-order chi connectivity index (χ0) is 26.9. The molecule has 0 saturated heterocycles. The van der Waals surface area contributed by atoms with Crippen LogP contribution in [0.4, 0.5) is 4.79 Å². The van der Waals surface area contributed by atoms with Crippen LogP contribution < -0.4 is 10.6 Å². The fraction of sp³-hybridized carbons (Fsp3) is 0.394. The number of nitrogens with zero attached hydrogens (tertiary/aromatic N) is 1. The van der Waals surface area contributed by atoms with Crippen molar-refractivity contribution in [2.45, 2.75) is 63.2 Å². The highest BCUT2D eigenvalue weighted by molar-refractivity contribution is 5.90. The molecule has 2 N–H and O–H groups in total. The third kappa shape index (κ3) is 5.06. The largest absolute Gasteiger partial charge is 0.465 e. The molecule has 0 spiro atoms. The van der Waals surface area contributed by atoms with Crippen LogP contribution in [-0.4, -0.2) is 36.6 Å². The van der Waals surface area contributed by atoms with Crippen molar-refractivity contribution in [1.29, 1.82) is 0 Å². The first-order valence-electron chi connectivity index (χ1n) is 14.2. The van der Waals surface area contributed by atoms with Gasteiger partial charge in [-0.1, -0.05) is 60.7 Å². The first-order chi connectivity index (χ1) is 19.0. The van der Waals surface area contributed by atoms with Crippen molar-refractivity contribution in [3.63, 3.8) is 0 Å². The van der Waals surface area contributed by atoms with Crippen LogP contribution >= 0.6 is 0 Å².